The maximum atomic E-state index is 5.66. The van der Waals surface area contributed by atoms with Crippen molar-refractivity contribution in [2.75, 3.05) is 26.2 Å². The molecule has 0 radical (unpaired) electrons. The number of unbranched alkanes of at least 4 members (excludes halogenated alkanes) is 3. The van der Waals surface area contributed by atoms with Crippen molar-refractivity contribution >= 4 is 0 Å². The van der Waals surface area contributed by atoms with Gasteiger partial charge in [0, 0.05) is 18.6 Å². The zero-order valence-electron chi connectivity index (χ0n) is 12.2. The van der Waals surface area contributed by atoms with Crippen LogP contribution in [-0.4, -0.2) is 49.3 Å². The number of hydrogen-bond acceptors (Lipinski definition) is 3. The lowest BCUT2D eigenvalue weighted by Gasteiger charge is -2.36. The predicted octanol–water partition coefficient (Wildman–Crippen LogP) is 2.41. The van der Waals surface area contributed by atoms with Crippen LogP contribution in [0.2, 0.25) is 0 Å². The number of morpholine rings is 1. The van der Waals surface area contributed by atoms with Gasteiger partial charge in [-0.3, -0.25) is 4.90 Å². The Morgan fingerprint density at radius 2 is 1.89 bits per heavy atom. The first-order valence-corrected chi connectivity index (χ1v) is 7.84. The molecule has 2 aliphatic rings. The van der Waals surface area contributed by atoms with E-state index in [0.29, 0.717) is 12.1 Å². The molecular weight excluding hydrogens is 224 g/mol. The van der Waals surface area contributed by atoms with Gasteiger partial charge in [0.1, 0.15) is 0 Å². The highest BCUT2D eigenvalue weighted by Crippen LogP contribution is 2.18. The SMILES string of the molecule is CC1CN(CCCCCCNC2CC2)C(C)CO1. The third-order valence-electron chi connectivity index (χ3n) is 4.12. The first kappa shape index (κ1) is 14.3. The molecular formula is C15H30N2O. The van der Waals surface area contributed by atoms with Crippen LogP contribution in [0, 0.1) is 0 Å². The van der Waals surface area contributed by atoms with Crippen molar-refractivity contribution < 1.29 is 4.74 Å². The Hall–Kier alpha value is -0.120. The van der Waals surface area contributed by atoms with Crippen LogP contribution >= 0.6 is 0 Å². The molecule has 0 spiro atoms. The van der Waals surface area contributed by atoms with E-state index < -0.39 is 0 Å². The second kappa shape index (κ2) is 7.46. The van der Waals surface area contributed by atoms with Crippen LogP contribution in [0.25, 0.3) is 0 Å². The molecule has 0 amide bonds. The van der Waals surface area contributed by atoms with E-state index in [1.54, 1.807) is 0 Å². The van der Waals surface area contributed by atoms with Gasteiger partial charge < -0.3 is 10.1 Å². The van der Waals surface area contributed by atoms with E-state index in [1.165, 1.54) is 51.6 Å². The maximum Gasteiger partial charge on any atom is 0.0674 e. The molecule has 0 aromatic rings. The van der Waals surface area contributed by atoms with E-state index in [-0.39, 0.29) is 0 Å². The lowest BCUT2D eigenvalue weighted by Crippen LogP contribution is -2.47. The third kappa shape index (κ3) is 5.25. The molecule has 2 rings (SSSR count). The van der Waals surface area contributed by atoms with Crippen molar-refractivity contribution in [1.82, 2.24) is 10.2 Å². The summed E-state index contributed by atoms with van der Waals surface area (Å²) in [5, 5.41) is 3.58. The molecule has 2 atom stereocenters. The second-order valence-electron chi connectivity index (χ2n) is 6.13. The standard InChI is InChI=1S/C15H30N2O/c1-13-12-18-14(2)11-17(13)10-6-4-3-5-9-16-15-7-8-15/h13-16H,3-12H2,1-2H3. The van der Waals surface area contributed by atoms with Crippen molar-refractivity contribution in [3.05, 3.63) is 0 Å². The number of rotatable bonds is 8. The lowest BCUT2D eigenvalue weighted by atomic mass is 10.1. The van der Waals surface area contributed by atoms with Crippen LogP contribution in [0.1, 0.15) is 52.4 Å². The minimum absolute atomic E-state index is 0.420. The minimum atomic E-state index is 0.420. The molecule has 106 valence electrons. The fourth-order valence-electron chi connectivity index (χ4n) is 2.67. The fourth-order valence-corrected chi connectivity index (χ4v) is 2.67. The normalized spacial score (nSPS) is 29.7. The Morgan fingerprint density at radius 3 is 2.67 bits per heavy atom. The Balaban J connectivity index is 1.43. The highest BCUT2D eigenvalue weighted by atomic mass is 16.5. The van der Waals surface area contributed by atoms with Gasteiger partial charge in [0.2, 0.25) is 0 Å². The largest absolute Gasteiger partial charge is 0.376 e. The number of ether oxygens (including phenoxy) is 1. The lowest BCUT2D eigenvalue weighted by molar-refractivity contribution is -0.0496. The quantitative estimate of drug-likeness (QED) is 0.673. The summed E-state index contributed by atoms with van der Waals surface area (Å²) < 4.78 is 5.66. The van der Waals surface area contributed by atoms with Crippen molar-refractivity contribution in [1.29, 1.82) is 0 Å². The zero-order valence-corrected chi connectivity index (χ0v) is 12.2. The van der Waals surface area contributed by atoms with Crippen molar-refractivity contribution in [3.63, 3.8) is 0 Å². The third-order valence-corrected chi connectivity index (χ3v) is 4.12. The molecule has 0 bridgehead atoms. The van der Waals surface area contributed by atoms with Crippen molar-refractivity contribution in [3.8, 4) is 0 Å². The van der Waals surface area contributed by atoms with Gasteiger partial charge in [0.25, 0.3) is 0 Å². The molecule has 1 saturated heterocycles. The summed E-state index contributed by atoms with van der Waals surface area (Å²) in [6.07, 6.45) is 8.70. The molecule has 18 heavy (non-hydrogen) atoms. The van der Waals surface area contributed by atoms with Gasteiger partial charge >= 0.3 is 0 Å². The monoisotopic (exact) mass is 254 g/mol. The predicted molar refractivity (Wildman–Crippen MR) is 75.9 cm³/mol. The number of nitrogens with one attached hydrogen (secondary N) is 1. The molecule has 1 N–H and O–H groups in total. The summed E-state index contributed by atoms with van der Waals surface area (Å²) in [6.45, 7) is 8.98. The first-order chi connectivity index (χ1) is 8.75. The van der Waals surface area contributed by atoms with E-state index in [0.717, 1.165) is 19.2 Å². The van der Waals surface area contributed by atoms with E-state index in [4.69, 9.17) is 4.74 Å². The van der Waals surface area contributed by atoms with Crippen LogP contribution in [0.15, 0.2) is 0 Å². The molecule has 3 nitrogen and oxygen atoms in total. The number of nitrogens with zero attached hydrogens (tertiary/aromatic N) is 1. The van der Waals surface area contributed by atoms with Gasteiger partial charge in [-0.1, -0.05) is 12.8 Å². The zero-order chi connectivity index (χ0) is 12.8. The summed E-state index contributed by atoms with van der Waals surface area (Å²) in [5.41, 5.74) is 0. The van der Waals surface area contributed by atoms with E-state index in [9.17, 15) is 0 Å². The topological polar surface area (TPSA) is 24.5 Å². The van der Waals surface area contributed by atoms with Gasteiger partial charge in [-0.15, -0.1) is 0 Å². The van der Waals surface area contributed by atoms with Crippen LogP contribution in [0.5, 0.6) is 0 Å². The summed E-state index contributed by atoms with van der Waals surface area (Å²) in [4.78, 5) is 2.59. The second-order valence-corrected chi connectivity index (χ2v) is 6.13. The molecule has 0 aromatic heterocycles. The van der Waals surface area contributed by atoms with Crippen molar-refractivity contribution in [2.45, 2.75) is 70.6 Å². The molecule has 0 aromatic carbocycles. The first-order valence-electron chi connectivity index (χ1n) is 7.84. The molecule has 1 saturated carbocycles. The summed E-state index contributed by atoms with van der Waals surface area (Å²) in [7, 11) is 0. The maximum absolute atomic E-state index is 5.66. The fraction of sp³-hybridized carbons (Fsp3) is 1.00. The van der Waals surface area contributed by atoms with Gasteiger partial charge in [0.05, 0.1) is 12.7 Å². The summed E-state index contributed by atoms with van der Waals surface area (Å²) >= 11 is 0. The smallest absolute Gasteiger partial charge is 0.0674 e. The van der Waals surface area contributed by atoms with Gasteiger partial charge in [-0.25, -0.2) is 0 Å². The average molecular weight is 254 g/mol. The summed E-state index contributed by atoms with van der Waals surface area (Å²) in [6, 6.07) is 1.48. The van der Waals surface area contributed by atoms with Gasteiger partial charge in [0.15, 0.2) is 0 Å². The van der Waals surface area contributed by atoms with E-state index in [1.807, 2.05) is 0 Å². The molecule has 2 fully saturated rings. The van der Waals surface area contributed by atoms with Gasteiger partial charge in [-0.2, -0.15) is 0 Å². The van der Waals surface area contributed by atoms with Gasteiger partial charge in [-0.05, 0) is 52.6 Å². The minimum Gasteiger partial charge on any atom is -0.376 e. The molecule has 1 aliphatic carbocycles. The molecule has 3 heteroatoms. The Labute approximate surface area is 112 Å². The van der Waals surface area contributed by atoms with E-state index >= 15 is 0 Å². The van der Waals surface area contributed by atoms with Crippen LogP contribution < -0.4 is 5.32 Å². The summed E-state index contributed by atoms with van der Waals surface area (Å²) in [5.74, 6) is 0. The van der Waals surface area contributed by atoms with E-state index in [2.05, 4.69) is 24.1 Å². The highest BCUT2D eigenvalue weighted by molar-refractivity contribution is 4.80. The highest BCUT2D eigenvalue weighted by Gasteiger charge is 2.22. The number of hydrogen-bond donors (Lipinski definition) is 1. The Kier molecular flexibility index (Phi) is 5.93. The van der Waals surface area contributed by atoms with Crippen LogP contribution in [-0.2, 0) is 4.74 Å². The van der Waals surface area contributed by atoms with Crippen molar-refractivity contribution in [2.24, 2.45) is 0 Å². The van der Waals surface area contributed by atoms with Crippen LogP contribution in [0.4, 0.5) is 0 Å². The molecule has 1 aliphatic heterocycles. The Morgan fingerprint density at radius 1 is 1.11 bits per heavy atom. The molecule has 2 unspecified atom stereocenters. The Bertz CT molecular complexity index is 231. The average Bonchev–Trinajstić information content (AvgIpc) is 3.16. The molecule has 1 heterocycles. The van der Waals surface area contributed by atoms with Crippen LogP contribution in [0.3, 0.4) is 0 Å².